The average molecular weight is 181 g/mol. The number of aromatic nitrogens is 3. The van der Waals surface area contributed by atoms with Gasteiger partial charge in [-0.05, 0) is 18.8 Å². The molecule has 13 heavy (non-hydrogen) atoms. The van der Waals surface area contributed by atoms with E-state index in [1.807, 2.05) is 7.05 Å². The second kappa shape index (κ2) is 3.24. The Morgan fingerprint density at radius 2 is 2.38 bits per heavy atom. The number of hydrogen-bond donors (Lipinski definition) is 2. The molecule has 0 aromatic carbocycles. The molecule has 5 heteroatoms. The summed E-state index contributed by atoms with van der Waals surface area (Å²) in [5, 5.41) is 6.63. The van der Waals surface area contributed by atoms with Gasteiger partial charge in [-0.2, -0.15) is 4.98 Å². The second-order valence-electron chi connectivity index (χ2n) is 3.70. The quantitative estimate of drug-likeness (QED) is 0.717. The molecule has 1 heterocycles. The fourth-order valence-electron chi connectivity index (χ4n) is 1.58. The summed E-state index contributed by atoms with van der Waals surface area (Å²) in [5.74, 6) is 1.91. The third-order valence-corrected chi connectivity index (χ3v) is 2.59. The molecular weight excluding hydrogens is 166 g/mol. The van der Waals surface area contributed by atoms with E-state index >= 15 is 0 Å². The smallest absolute Gasteiger partial charge is 0.246 e. The summed E-state index contributed by atoms with van der Waals surface area (Å²) in [6.07, 6.45) is 4.04. The van der Waals surface area contributed by atoms with Crippen LogP contribution in [0, 0.1) is 5.92 Å². The predicted octanol–water partition coefficient (Wildman–Crippen LogP) is 0.623. The Bertz CT molecular complexity index is 278. The molecule has 2 rings (SSSR count). The van der Waals surface area contributed by atoms with Gasteiger partial charge in [0.05, 0.1) is 0 Å². The highest BCUT2D eigenvalue weighted by molar-refractivity contribution is 5.32. The van der Waals surface area contributed by atoms with Crippen molar-refractivity contribution in [3.05, 3.63) is 0 Å². The first-order valence-electron chi connectivity index (χ1n) is 4.64. The topological polar surface area (TPSA) is 70.8 Å². The standard InChI is InChI=1S/C8H15N5/c1-13(5-6-3-2-4-6)8-10-7(9)11-12-8/h6H,2-5H2,1H3,(H3,9,10,11,12). The van der Waals surface area contributed by atoms with Gasteiger partial charge in [0.2, 0.25) is 11.9 Å². The van der Waals surface area contributed by atoms with Gasteiger partial charge < -0.3 is 10.6 Å². The van der Waals surface area contributed by atoms with Crippen LogP contribution in [0.1, 0.15) is 19.3 Å². The summed E-state index contributed by atoms with van der Waals surface area (Å²) in [7, 11) is 2.00. The maximum Gasteiger partial charge on any atom is 0.246 e. The van der Waals surface area contributed by atoms with Gasteiger partial charge in [-0.3, -0.25) is 0 Å². The molecule has 5 nitrogen and oxygen atoms in total. The fourth-order valence-corrected chi connectivity index (χ4v) is 1.58. The van der Waals surface area contributed by atoms with Crippen molar-refractivity contribution in [3.63, 3.8) is 0 Å². The summed E-state index contributed by atoms with van der Waals surface area (Å²) in [5.41, 5.74) is 5.44. The largest absolute Gasteiger partial charge is 0.368 e. The number of nitrogens with one attached hydrogen (secondary N) is 1. The van der Waals surface area contributed by atoms with Crippen LogP contribution in [0.15, 0.2) is 0 Å². The van der Waals surface area contributed by atoms with Crippen molar-refractivity contribution >= 4 is 11.9 Å². The lowest BCUT2D eigenvalue weighted by Crippen LogP contribution is -2.29. The minimum absolute atomic E-state index is 0.385. The average Bonchev–Trinajstić information content (AvgIpc) is 2.44. The number of nitrogens with two attached hydrogens (primary N) is 1. The van der Waals surface area contributed by atoms with Crippen LogP contribution in [0.4, 0.5) is 11.9 Å². The number of H-pyrrole nitrogens is 1. The molecule has 3 N–H and O–H groups in total. The molecule has 1 aromatic heterocycles. The summed E-state index contributed by atoms with van der Waals surface area (Å²) < 4.78 is 0. The molecule has 1 aliphatic carbocycles. The Labute approximate surface area is 77.3 Å². The first kappa shape index (κ1) is 8.34. The van der Waals surface area contributed by atoms with E-state index < -0.39 is 0 Å². The summed E-state index contributed by atoms with van der Waals surface area (Å²) >= 11 is 0. The molecule has 72 valence electrons. The molecule has 0 atom stereocenters. The van der Waals surface area contributed by atoms with Crippen molar-refractivity contribution in [1.29, 1.82) is 0 Å². The lowest BCUT2D eigenvalue weighted by atomic mass is 9.85. The SMILES string of the molecule is CN(CC1CCC1)c1n[nH]c(N)n1. The maximum absolute atomic E-state index is 5.44. The van der Waals surface area contributed by atoms with Gasteiger partial charge in [-0.15, -0.1) is 5.10 Å². The van der Waals surface area contributed by atoms with E-state index in [0.29, 0.717) is 11.9 Å². The van der Waals surface area contributed by atoms with Gasteiger partial charge >= 0.3 is 0 Å². The number of nitrogen functional groups attached to an aromatic ring is 1. The van der Waals surface area contributed by atoms with Gasteiger partial charge in [-0.25, -0.2) is 5.10 Å². The monoisotopic (exact) mass is 181 g/mol. The predicted molar refractivity (Wildman–Crippen MR) is 51.4 cm³/mol. The molecule has 0 saturated heterocycles. The Kier molecular flexibility index (Phi) is 2.08. The van der Waals surface area contributed by atoms with Crippen LogP contribution in [0.2, 0.25) is 0 Å². The van der Waals surface area contributed by atoms with E-state index in [0.717, 1.165) is 12.5 Å². The number of nitrogens with zero attached hydrogens (tertiary/aromatic N) is 3. The van der Waals surface area contributed by atoms with Gasteiger partial charge in [0.15, 0.2) is 0 Å². The van der Waals surface area contributed by atoms with Crippen LogP contribution in [-0.2, 0) is 0 Å². The summed E-state index contributed by atoms with van der Waals surface area (Å²) in [6.45, 7) is 1.04. The van der Waals surface area contributed by atoms with Crippen molar-refractivity contribution in [1.82, 2.24) is 15.2 Å². The number of rotatable bonds is 3. The zero-order valence-corrected chi connectivity index (χ0v) is 7.82. The van der Waals surface area contributed by atoms with Crippen molar-refractivity contribution in [2.75, 3.05) is 24.2 Å². The van der Waals surface area contributed by atoms with Crippen molar-refractivity contribution < 1.29 is 0 Å². The number of hydrogen-bond acceptors (Lipinski definition) is 4. The Hall–Kier alpha value is -1.26. The van der Waals surface area contributed by atoms with Gasteiger partial charge in [0, 0.05) is 13.6 Å². The Balaban J connectivity index is 1.92. The Morgan fingerprint density at radius 3 is 2.85 bits per heavy atom. The molecule has 0 amide bonds. The zero-order valence-electron chi connectivity index (χ0n) is 7.82. The molecular formula is C8H15N5. The second-order valence-corrected chi connectivity index (χ2v) is 3.70. The van der Waals surface area contributed by atoms with Crippen LogP contribution in [0.5, 0.6) is 0 Å². The molecule has 1 fully saturated rings. The summed E-state index contributed by atoms with van der Waals surface area (Å²) in [6, 6.07) is 0. The van der Waals surface area contributed by atoms with Crippen LogP contribution in [0.25, 0.3) is 0 Å². The zero-order chi connectivity index (χ0) is 9.26. The van der Waals surface area contributed by atoms with Crippen LogP contribution in [-0.4, -0.2) is 28.8 Å². The molecule has 0 aliphatic heterocycles. The van der Waals surface area contributed by atoms with Crippen LogP contribution < -0.4 is 10.6 Å². The van der Waals surface area contributed by atoms with Crippen LogP contribution in [0.3, 0.4) is 0 Å². The van der Waals surface area contributed by atoms with Crippen molar-refractivity contribution in [2.45, 2.75) is 19.3 Å². The normalized spacial score (nSPS) is 17.0. The Morgan fingerprint density at radius 1 is 1.62 bits per heavy atom. The molecule has 1 aromatic rings. The highest BCUT2D eigenvalue weighted by Gasteiger charge is 2.20. The summed E-state index contributed by atoms with van der Waals surface area (Å²) in [4.78, 5) is 6.11. The van der Waals surface area contributed by atoms with Crippen molar-refractivity contribution in [3.8, 4) is 0 Å². The first-order valence-corrected chi connectivity index (χ1v) is 4.64. The van der Waals surface area contributed by atoms with E-state index in [2.05, 4.69) is 20.1 Å². The molecule has 1 aliphatic rings. The van der Waals surface area contributed by atoms with Gasteiger partial charge in [0.1, 0.15) is 0 Å². The maximum atomic E-state index is 5.44. The molecule has 1 saturated carbocycles. The highest BCUT2D eigenvalue weighted by atomic mass is 15.4. The first-order chi connectivity index (χ1) is 6.25. The third kappa shape index (κ3) is 1.74. The van der Waals surface area contributed by atoms with Gasteiger partial charge in [0.25, 0.3) is 0 Å². The van der Waals surface area contributed by atoms with E-state index in [1.54, 1.807) is 0 Å². The molecule has 0 bridgehead atoms. The fraction of sp³-hybridized carbons (Fsp3) is 0.750. The minimum Gasteiger partial charge on any atom is -0.368 e. The highest BCUT2D eigenvalue weighted by Crippen LogP contribution is 2.27. The third-order valence-electron chi connectivity index (χ3n) is 2.59. The minimum atomic E-state index is 0.385. The van der Waals surface area contributed by atoms with Crippen LogP contribution >= 0.6 is 0 Å². The lowest BCUT2D eigenvalue weighted by molar-refractivity contribution is 0.320. The lowest BCUT2D eigenvalue weighted by Gasteiger charge is -2.29. The van der Waals surface area contributed by atoms with Crippen molar-refractivity contribution in [2.24, 2.45) is 5.92 Å². The number of aromatic amines is 1. The van der Waals surface area contributed by atoms with E-state index in [-0.39, 0.29) is 0 Å². The molecule has 0 unspecified atom stereocenters. The van der Waals surface area contributed by atoms with E-state index in [9.17, 15) is 0 Å². The molecule has 0 radical (unpaired) electrons. The number of anilines is 2. The van der Waals surface area contributed by atoms with E-state index in [4.69, 9.17) is 5.73 Å². The van der Waals surface area contributed by atoms with Gasteiger partial charge in [-0.1, -0.05) is 6.42 Å². The van der Waals surface area contributed by atoms with E-state index in [1.165, 1.54) is 19.3 Å². The molecule has 0 spiro atoms.